The van der Waals surface area contributed by atoms with Gasteiger partial charge in [-0.3, -0.25) is 23.2 Å². The van der Waals surface area contributed by atoms with Crippen molar-refractivity contribution in [3.63, 3.8) is 0 Å². The molecular weight excluding hydrogens is 898 g/mol. The highest BCUT2D eigenvalue weighted by atomic mass is 31.2. The molecule has 17 nitrogen and oxygen atoms in total. The van der Waals surface area contributed by atoms with Gasteiger partial charge in [-0.25, -0.2) is 9.13 Å². The van der Waals surface area contributed by atoms with Crippen LogP contribution in [0.1, 0.15) is 174 Å². The fourth-order valence-electron chi connectivity index (χ4n) is 7.16. The zero-order valence-corrected chi connectivity index (χ0v) is 41.3. The van der Waals surface area contributed by atoms with Crippen molar-refractivity contribution >= 4 is 27.6 Å². The number of hydrogen-bond donors (Lipinski definition) is 8. The second kappa shape index (κ2) is 37.8. The Morgan fingerprint density at radius 2 is 1.08 bits per heavy atom. The fourth-order valence-corrected chi connectivity index (χ4v) is 8.70. The number of rotatable bonds is 40. The normalized spacial score (nSPS) is 22.4. The van der Waals surface area contributed by atoms with Crippen LogP contribution in [-0.2, 0) is 41.8 Å². The lowest BCUT2D eigenvalue weighted by molar-refractivity contribution is -0.216. The topological polar surface area (TPSA) is 276 Å². The summed E-state index contributed by atoms with van der Waals surface area (Å²) in [6, 6.07) is 0. The molecule has 0 aromatic carbocycles. The molecule has 8 N–H and O–H groups in total. The number of aliphatic hydroxyl groups is 5. The Balaban J connectivity index is 2.66. The van der Waals surface area contributed by atoms with E-state index >= 15 is 0 Å². The van der Waals surface area contributed by atoms with Crippen molar-refractivity contribution in [2.24, 2.45) is 0 Å². The molecular formula is C47H84O17P2. The van der Waals surface area contributed by atoms with Crippen LogP contribution >= 0.6 is 15.6 Å². The molecule has 1 fully saturated rings. The van der Waals surface area contributed by atoms with Crippen LogP contribution in [0.3, 0.4) is 0 Å². The summed E-state index contributed by atoms with van der Waals surface area (Å²) in [4.78, 5) is 54.3. The first-order chi connectivity index (χ1) is 31.5. The number of unbranched alkanes of at least 4 members (excludes halogenated alkanes) is 18. The van der Waals surface area contributed by atoms with Crippen molar-refractivity contribution in [1.82, 2.24) is 0 Å². The van der Waals surface area contributed by atoms with Crippen molar-refractivity contribution in [1.29, 1.82) is 0 Å². The second-order valence-electron chi connectivity index (χ2n) is 17.0. The lowest BCUT2D eigenvalue weighted by atomic mass is 9.85. The Hall–Kier alpha value is -2.08. The maximum absolute atomic E-state index is 13.0. The highest BCUT2D eigenvalue weighted by Gasteiger charge is 2.54. The maximum atomic E-state index is 13.0. The van der Waals surface area contributed by atoms with E-state index in [1.807, 2.05) is 12.2 Å². The van der Waals surface area contributed by atoms with E-state index in [9.17, 15) is 58.9 Å². The van der Waals surface area contributed by atoms with Crippen molar-refractivity contribution < 1.29 is 82.0 Å². The molecule has 0 aromatic heterocycles. The minimum absolute atomic E-state index is 0.0903. The van der Waals surface area contributed by atoms with Crippen LogP contribution in [-0.4, -0.2) is 114 Å². The molecule has 19 heteroatoms. The lowest BCUT2D eigenvalue weighted by Gasteiger charge is -2.43. The maximum Gasteiger partial charge on any atom is 0.472 e. The number of ether oxygens (including phenoxy) is 2. The van der Waals surface area contributed by atoms with E-state index in [1.165, 1.54) is 83.5 Å². The summed E-state index contributed by atoms with van der Waals surface area (Å²) in [5.74, 6) is -1.33. The molecule has 0 heterocycles. The summed E-state index contributed by atoms with van der Waals surface area (Å²) < 4.78 is 49.3. The molecule has 0 aliphatic heterocycles. The minimum atomic E-state index is -5.38. The fraction of sp³-hybridized carbons (Fsp3) is 0.787. The van der Waals surface area contributed by atoms with Crippen molar-refractivity contribution in [3.8, 4) is 0 Å². The largest absolute Gasteiger partial charge is 0.472 e. The summed E-state index contributed by atoms with van der Waals surface area (Å²) >= 11 is 0. The summed E-state index contributed by atoms with van der Waals surface area (Å²) in [6.07, 6.45) is 23.7. The average molecular weight is 983 g/mol. The molecule has 0 amide bonds. The first kappa shape index (κ1) is 61.9. The highest BCUT2D eigenvalue weighted by molar-refractivity contribution is 7.47. The molecule has 1 aliphatic carbocycles. The molecule has 0 bridgehead atoms. The molecule has 0 saturated heterocycles. The van der Waals surface area contributed by atoms with Crippen molar-refractivity contribution in [2.45, 2.75) is 223 Å². The van der Waals surface area contributed by atoms with Crippen LogP contribution in [0, 0.1) is 0 Å². The SMILES string of the molecule is CCCCC/C=C\C/C=C\CC(O)/C=C\C=C\CCCC(=O)O[C@H](COC(=O)CCCCCCCCCCCCCCCCC)COP(=O)(O)O[C@H]1C(O)C(O)C(O)[C@@H](OP(=O)(O)O)C1O. The Bertz CT molecular complexity index is 1480. The summed E-state index contributed by atoms with van der Waals surface area (Å²) in [5.41, 5.74) is 0. The molecule has 1 saturated carbocycles. The van der Waals surface area contributed by atoms with Crippen molar-refractivity contribution in [3.05, 3.63) is 48.6 Å². The second-order valence-corrected chi connectivity index (χ2v) is 19.6. The van der Waals surface area contributed by atoms with E-state index in [0.29, 0.717) is 25.7 Å². The zero-order valence-electron chi connectivity index (χ0n) is 39.5. The van der Waals surface area contributed by atoms with Gasteiger partial charge in [0.1, 0.15) is 43.2 Å². The predicted octanol–water partition coefficient (Wildman–Crippen LogP) is 8.26. The third kappa shape index (κ3) is 31.9. The standard InChI is InChI=1S/C47H84O17P2/c1-3-5-7-9-11-13-14-15-16-17-18-20-22-26-30-34-40(49)60-36-39(37-61-66(58,59)64-47-44(53)42(51)43(52)46(45(47)54)63-65(55,56)57)62-41(50)35-31-27-23-25-29-33-38(48)32-28-24-21-19-12-10-8-6-4-2/h12,19,23-25,28-29,33,38-39,42-48,51-54H,3-11,13-18,20-22,26-27,30-32,34-37H2,1-2H3,(H,58,59)(H2,55,56,57)/b19-12-,25-23+,28-24-,33-29-/t38?,39-,42?,43?,44?,45?,46-,47+/m1/s1. The molecule has 9 atom stereocenters. The van der Waals surface area contributed by atoms with E-state index in [1.54, 1.807) is 24.3 Å². The van der Waals surface area contributed by atoms with Gasteiger partial charge >= 0.3 is 27.6 Å². The quantitative estimate of drug-likeness (QED) is 0.00943. The van der Waals surface area contributed by atoms with Gasteiger partial charge in [0, 0.05) is 12.8 Å². The Labute approximate surface area is 393 Å². The van der Waals surface area contributed by atoms with E-state index in [0.717, 1.165) is 38.5 Å². The van der Waals surface area contributed by atoms with Gasteiger partial charge in [0.2, 0.25) is 0 Å². The third-order valence-corrected chi connectivity index (χ3v) is 12.5. The Morgan fingerprint density at radius 3 is 1.67 bits per heavy atom. The number of carbonyl (C=O) groups is 2. The first-order valence-electron chi connectivity index (χ1n) is 24.3. The highest BCUT2D eigenvalue weighted by Crippen LogP contribution is 2.49. The molecule has 0 spiro atoms. The molecule has 0 radical (unpaired) electrons. The zero-order chi connectivity index (χ0) is 49.1. The van der Waals surface area contributed by atoms with Crippen LogP contribution < -0.4 is 0 Å². The van der Waals surface area contributed by atoms with E-state index in [-0.39, 0.29) is 12.8 Å². The number of phosphoric ester groups is 2. The smallest absolute Gasteiger partial charge is 0.462 e. The molecule has 6 unspecified atom stereocenters. The van der Waals surface area contributed by atoms with Crippen LogP contribution in [0.2, 0.25) is 0 Å². The number of phosphoric acid groups is 2. The summed E-state index contributed by atoms with van der Waals surface area (Å²) in [6.45, 7) is 2.96. The minimum Gasteiger partial charge on any atom is -0.462 e. The summed E-state index contributed by atoms with van der Waals surface area (Å²) in [7, 11) is -10.7. The average Bonchev–Trinajstić information content (AvgIpc) is 3.27. The number of aliphatic hydroxyl groups excluding tert-OH is 5. The number of esters is 2. The molecule has 0 aromatic rings. The Morgan fingerprint density at radius 1 is 0.561 bits per heavy atom. The van der Waals surface area contributed by atoms with Crippen LogP contribution in [0.5, 0.6) is 0 Å². The molecule has 384 valence electrons. The van der Waals surface area contributed by atoms with E-state index in [4.69, 9.17) is 18.5 Å². The van der Waals surface area contributed by atoms with E-state index < -0.39 is 89.6 Å². The van der Waals surface area contributed by atoms with Gasteiger partial charge in [-0.1, -0.05) is 165 Å². The molecule has 1 rings (SSSR count). The van der Waals surface area contributed by atoms with Gasteiger partial charge in [-0.2, -0.15) is 0 Å². The van der Waals surface area contributed by atoms with Gasteiger partial charge in [0.05, 0.1) is 12.7 Å². The number of carbonyl (C=O) groups excluding carboxylic acids is 2. The van der Waals surface area contributed by atoms with Crippen LogP contribution in [0.25, 0.3) is 0 Å². The lowest BCUT2D eigenvalue weighted by Crippen LogP contribution is -2.64. The van der Waals surface area contributed by atoms with Gasteiger partial charge in [0.15, 0.2) is 6.10 Å². The number of hydrogen-bond acceptors (Lipinski definition) is 14. The van der Waals surface area contributed by atoms with Gasteiger partial charge in [0.25, 0.3) is 0 Å². The Kier molecular flexibility index (Phi) is 35.4. The third-order valence-electron chi connectivity index (χ3n) is 11.0. The van der Waals surface area contributed by atoms with Crippen molar-refractivity contribution in [2.75, 3.05) is 13.2 Å². The van der Waals surface area contributed by atoms with Gasteiger partial charge in [-0.15, -0.1) is 0 Å². The molecule has 1 aliphatic rings. The predicted molar refractivity (Wildman–Crippen MR) is 252 cm³/mol. The van der Waals surface area contributed by atoms with Crippen LogP contribution in [0.15, 0.2) is 48.6 Å². The monoisotopic (exact) mass is 983 g/mol. The first-order valence-corrected chi connectivity index (χ1v) is 27.3. The van der Waals surface area contributed by atoms with Gasteiger partial charge < -0.3 is 49.7 Å². The van der Waals surface area contributed by atoms with E-state index in [2.05, 4.69) is 30.5 Å². The van der Waals surface area contributed by atoms with Gasteiger partial charge in [-0.05, 0) is 44.9 Å². The summed E-state index contributed by atoms with van der Waals surface area (Å²) in [5, 5.41) is 51.4. The molecule has 66 heavy (non-hydrogen) atoms. The van der Waals surface area contributed by atoms with Crippen LogP contribution in [0.4, 0.5) is 0 Å². The number of allylic oxidation sites excluding steroid dienone is 6.